The number of halogens is 3. The van der Waals surface area contributed by atoms with Crippen molar-refractivity contribution in [2.24, 2.45) is 5.92 Å². The number of fused-ring (bicyclic) bond motifs is 1. The fraction of sp³-hybridized carbons (Fsp3) is 0.529. The minimum Gasteiger partial charge on any atom is -0.341 e. The van der Waals surface area contributed by atoms with E-state index in [0.29, 0.717) is 19.4 Å². The first-order chi connectivity index (χ1) is 11.4. The summed E-state index contributed by atoms with van der Waals surface area (Å²) >= 11 is 0. The van der Waals surface area contributed by atoms with Crippen LogP contribution < -0.4 is 0 Å². The van der Waals surface area contributed by atoms with Gasteiger partial charge in [0.2, 0.25) is 5.91 Å². The molecule has 24 heavy (non-hydrogen) atoms. The van der Waals surface area contributed by atoms with Gasteiger partial charge in [-0.15, -0.1) is 0 Å². The average Bonchev–Trinajstić information content (AvgIpc) is 2.92. The van der Waals surface area contributed by atoms with Gasteiger partial charge < -0.3 is 9.47 Å². The number of aromatic nitrogens is 2. The first kappa shape index (κ1) is 16.8. The number of para-hydroxylation sites is 2. The van der Waals surface area contributed by atoms with Gasteiger partial charge in [0, 0.05) is 19.5 Å². The van der Waals surface area contributed by atoms with Crippen molar-refractivity contribution < 1.29 is 18.0 Å². The van der Waals surface area contributed by atoms with Crippen LogP contribution in [0.25, 0.3) is 11.0 Å². The second kappa shape index (κ2) is 6.45. The van der Waals surface area contributed by atoms with Crippen LogP contribution in [-0.4, -0.2) is 39.6 Å². The van der Waals surface area contributed by atoms with Crippen LogP contribution in [0.5, 0.6) is 0 Å². The van der Waals surface area contributed by atoms with Gasteiger partial charge in [-0.1, -0.05) is 19.1 Å². The molecule has 1 atom stereocenters. The van der Waals surface area contributed by atoms with Crippen molar-refractivity contribution in [2.45, 2.75) is 38.9 Å². The van der Waals surface area contributed by atoms with Crippen molar-refractivity contribution in [2.75, 3.05) is 13.1 Å². The van der Waals surface area contributed by atoms with E-state index in [1.54, 1.807) is 0 Å². The first-order valence-corrected chi connectivity index (χ1v) is 8.18. The first-order valence-electron chi connectivity index (χ1n) is 8.18. The summed E-state index contributed by atoms with van der Waals surface area (Å²) in [7, 11) is 0. The number of rotatable bonds is 3. The van der Waals surface area contributed by atoms with Crippen LogP contribution in [0, 0.1) is 5.92 Å². The van der Waals surface area contributed by atoms with E-state index in [0.717, 1.165) is 16.9 Å². The van der Waals surface area contributed by atoms with E-state index in [4.69, 9.17) is 0 Å². The largest absolute Gasteiger partial charge is 0.393 e. The molecule has 1 amide bonds. The van der Waals surface area contributed by atoms with Gasteiger partial charge in [-0.25, -0.2) is 4.98 Å². The monoisotopic (exact) mass is 339 g/mol. The molecule has 1 aliphatic rings. The molecule has 4 nitrogen and oxygen atoms in total. The normalized spacial score (nSPS) is 19.0. The van der Waals surface area contributed by atoms with Gasteiger partial charge in [0.05, 0.1) is 17.0 Å². The Balaban J connectivity index is 1.80. The van der Waals surface area contributed by atoms with Crippen LogP contribution in [0.4, 0.5) is 13.2 Å². The minimum atomic E-state index is -4.24. The number of carbonyl (C=O) groups excluding carboxylic acids is 1. The van der Waals surface area contributed by atoms with Crippen LogP contribution in [0.2, 0.25) is 0 Å². The molecule has 1 fully saturated rings. The van der Waals surface area contributed by atoms with Crippen molar-refractivity contribution in [3.05, 3.63) is 30.1 Å². The summed E-state index contributed by atoms with van der Waals surface area (Å²) in [5, 5.41) is 0. The van der Waals surface area contributed by atoms with Gasteiger partial charge in [-0.2, -0.15) is 13.2 Å². The van der Waals surface area contributed by atoms with Gasteiger partial charge >= 0.3 is 6.18 Å². The van der Waals surface area contributed by atoms with Gasteiger partial charge in [0.15, 0.2) is 0 Å². The summed E-state index contributed by atoms with van der Waals surface area (Å²) in [5.74, 6) is -0.920. The van der Waals surface area contributed by atoms with Crippen LogP contribution in [-0.2, 0) is 17.8 Å². The third kappa shape index (κ3) is 3.25. The van der Waals surface area contributed by atoms with E-state index in [2.05, 4.69) is 4.98 Å². The van der Waals surface area contributed by atoms with Crippen molar-refractivity contribution in [1.82, 2.24) is 14.5 Å². The summed E-state index contributed by atoms with van der Waals surface area (Å²) in [4.78, 5) is 18.4. The Morgan fingerprint density at radius 2 is 2.08 bits per heavy atom. The summed E-state index contributed by atoms with van der Waals surface area (Å²) in [5.41, 5.74) is 1.64. The molecule has 2 heterocycles. The summed E-state index contributed by atoms with van der Waals surface area (Å²) in [6.07, 6.45) is -3.09. The molecule has 1 saturated heterocycles. The lowest BCUT2D eigenvalue weighted by molar-refractivity contribution is -0.188. The minimum absolute atomic E-state index is 0.0360. The number of nitrogens with zero attached hydrogens (tertiary/aromatic N) is 3. The number of carbonyl (C=O) groups is 1. The summed E-state index contributed by atoms with van der Waals surface area (Å²) in [6, 6.07) is 7.49. The standard InChI is InChI=1S/C17H20F3N3O/c1-2-15-21-13-7-3-4-8-14(13)23(15)11-16(24)22-9-5-6-12(10-22)17(18,19)20/h3-4,7-8,12H,2,5-6,9-11H2,1H3/t12-/m1/s1. The van der Waals surface area contributed by atoms with Gasteiger partial charge in [-0.3, -0.25) is 4.79 Å². The summed E-state index contributed by atoms with van der Waals surface area (Å²) in [6.45, 7) is 2.13. The third-order valence-electron chi connectivity index (χ3n) is 4.58. The number of alkyl halides is 3. The number of benzene rings is 1. The predicted octanol–water partition coefficient (Wildman–Crippen LogP) is 3.40. The lowest BCUT2D eigenvalue weighted by Crippen LogP contribution is -2.45. The molecule has 1 aromatic carbocycles. The van der Waals surface area contributed by atoms with E-state index in [1.165, 1.54) is 4.90 Å². The van der Waals surface area contributed by atoms with Gasteiger partial charge in [-0.05, 0) is 25.0 Å². The lowest BCUT2D eigenvalue weighted by atomic mass is 9.97. The molecular weight excluding hydrogens is 319 g/mol. The Kier molecular flexibility index (Phi) is 4.51. The second-order valence-electron chi connectivity index (χ2n) is 6.18. The highest BCUT2D eigenvalue weighted by atomic mass is 19.4. The fourth-order valence-electron chi connectivity index (χ4n) is 3.28. The van der Waals surface area contributed by atoms with E-state index in [1.807, 2.05) is 35.8 Å². The SMILES string of the molecule is CCc1nc2ccccc2n1CC(=O)N1CCC[C@@H](C(F)(F)F)C1. The molecule has 0 unspecified atom stereocenters. The van der Waals surface area contributed by atoms with Crippen molar-refractivity contribution >= 4 is 16.9 Å². The molecule has 0 aliphatic carbocycles. The van der Waals surface area contributed by atoms with Crippen molar-refractivity contribution in [3.63, 3.8) is 0 Å². The predicted molar refractivity (Wildman–Crippen MR) is 84.5 cm³/mol. The molecule has 0 bridgehead atoms. The molecule has 130 valence electrons. The number of hydrogen-bond acceptors (Lipinski definition) is 2. The van der Waals surface area contributed by atoms with Crippen molar-refractivity contribution in [3.8, 4) is 0 Å². The lowest BCUT2D eigenvalue weighted by Gasteiger charge is -2.34. The Morgan fingerprint density at radius 1 is 1.33 bits per heavy atom. The number of hydrogen-bond donors (Lipinski definition) is 0. The van der Waals surface area contributed by atoms with Crippen LogP contribution in [0.3, 0.4) is 0 Å². The zero-order valence-corrected chi connectivity index (χ0v) is 13.5. The average molecular weight is 339 g/mol. The molecule has 7 heteroatoms. The molecule has 1 aliphatic heterocycles. The third-order valence-corrected chi connectivity index (χ3v) is 4.58. The van der Waals surface area contributed by atoms with Crippen molar-refractivity contribution in [1.29, 1.82) is 0 Å². The number of amides is 1. The smallest absolute Gasteiger partial charge is 0.341 e. The maximum Gasteiger partial charge on any atom is 0.393 e. The maximum absolute atomic E-state index is 12.9. The Morgan fingerprint density at radius 3 is 2.79 bits per heavy atom. The number of imidazole rings is 1. The van der Waals surface area contributed by atoms with E-state index >= 15 is 0 Å². The van der Waals surface area contributed by atoms with Crippen LogP contribution >= 0.6 is 0 Å². The Labute approximate surface area is 138 Å². The highest BCUT2D eigenvalue weighted by molar-refractivity contribution is 5.81. The molecule has 3 rings (SSSR count). The summed E-state index contributed by atoms with van der Waals surface area (Å²) < 4.78 is 40.6. The molecule has 0 spiro atoms. The van der Waals surface area contributed by atoms with Gasteiger partial charge in [0.25, 0.3) is 0 Å². The second-order valence-corrected chi connectivity index (χ2v) is 6.18. The Hall–Kier alpha value is -2.05. The fourth-order valence-corrected chi connectivity index (χ4v) is 3.28. The highest BCUT2D eigenvalue weighted by Gasteiger charge is 2.42. The highest BCUT2D eigenvalue weighted by Crippen LogP contribution is 2.33. The van der Waals surface area contributed by atoms with E-state index < -0.39 is 12.1 Å². The quantitative estimate of drug-likeness (QED) is 0.860. The molecule has 1 aromatic heterocycles. The molecule has 0 radical (unpaired) electrons. The Bertz CT molecular complexity index is 738. The van der Waals surface area contributed by atoms with Crippen LogP contribution in [0.15, 0.2) is 24.3 Å². The zero-order valence-electron chi connectivity index (χ0n) is 13.5. The van der Waals surface area contributed by atoms with Crippen LogP contribution in [0.1, 0.15) is 25.6 Å². The number of aryl methyl sites for hydroxylation is 1. The maximum atomic E-state index is 12.9. The number of piperidine rings is 1. The molecule has 2 aromatic rings. The topological polar surface area (TPSA) is 38.1 Å². The molecule has 0 N–H and O–H groups in total. The number of likely N-dealkylation sites (tertiary alicyclic amines) is 1. The van der Waals surface area contributed by atoms with E-state index in [-0.39, 0.29) is 25.4 Å². The molecule has 0 saturated carbocycles. The zero-order chi connectivity index (χ0) is 17.3. The van der Waals surface area contributed by atoms with Gasteiger partial charge in [0.1, 0.15) is 12.4 Å². The molecular formula is C17H20F3N3O. The van der Waals surface area contributed by atoms with E-state index in [9.17, 15) is 18.0 Å².